The number of esters is 1. The third-order valence-electron chi connectivity index (χ3n) is 4.07. The van der Waals surface area contributed by atoms with Crippen molar-refractivity contribution in [2.24, 2.45) is 11.8 Å². The highest BCUT2D eigenvalue weighted by Crippen LogP contribution is 2.36. The van der Waals surface area contributed by atoms with Gasteiger partial charge in [0.05, 0.1) is 12.7 Å². The van der Waals surface area contributed by atoms with Crippen LogP contribution in [-0.2, 0) is 19.1 Å². The van der Waals surface area contributed by atoms with Crippen LogP contribution in [0.4, 0.5) is 4.39 Å². The van der Waals surface area contributed by atoms with Gasteiger partial charge in [-0.1, -0.05) is 6.42 Å². The number of carbonyl (C=O) groups is 2. The van der Waals surface area contributed by atoms with Crippen LogP contribution in [0.1, 0.15) is 39.0 Å². The lowest BCUT2D eigenvalue weighted by Crippen LogP contribution is -2.40. The first-order valence-electron chi connectivity index (χ1n) is 7.10. The van der Waals surface area contributed by atoms with Crippen LogP contribution in [0.15, 0.2) is 0 Å². The first-order chi connectivity index (χ1) is 9.15. The molecule has 4 atom stereocenters. The topological polar surface area (TPSA) is 52.6 Å². The molecular weight excluding hydrogens is 251 g/mol. The van der Waals surface area contributed by atoms with Crippen LogP contribution in [0.25, 0.3) is 0 Å². The van der Waals surface area contributed by atoms with Crippen molar-refractivity contribution >= 4 is 11.8 Å². The van der Waals surface area contributed by atoms with E-state index in [4.69, 9.17) is 9.47 Å². The van der Waals surface area contributed by atoms with Crippen molar-refractivity contribution in [2.45, 2.75) is 51.3 Å². The number of ketones is 1. The van der Waals surface area contributed by atoms with Crippen LogP contribution in [0.3, 0.4) is 0 Å². The smallest absolute Gasteiger partial charge is 0.341 e. The zero-order chi connectivity index (χ0) is 13.8. The summed E-state index contributed by atoms with van der Waals surface area (Å²) in [5.74, 6) is -1.45. The van der Waals surface area contributed by atoms with Crippen LogP contribution in [-0.4, -0.2) is 37.2 Å². The predicted octanol–water partition coefficient (Wildman–Crippen LogP) is 2.05. The van der Waals surface area contributed by atoms with Crippen molar-refractivity contribution in [3.63, 3.8) is 0 Å². The van der Waals surface area contributed by atoms with E-state index in [0.29, 0.717) is 19.4 Å². The number of rotatable bonds is 4. The second kappa shape index (κ2) is 6.46. The summed E-state index contributed by atoms with van der Waals surface area (Å²) in [6.45, 7) is 2.23. The summed E-state index contributed by atoms with van der Waals surface area (Å²) in [7, 11) is 0. The minimum atomic E-state index is -1.68. The van der Waals surface area contributed by atoms with Crippen LogP contribution >= 0.6 is 0 Å². The molecule has 4 nitrogen and oxygen atoms in total. The number of alkyl halides is 1. The number of Topliss-reactive ketones (excluding diaryl/α,β-unsaturated/α-hetero) is 1. The highest BCUT2D eigenvalue weighted by Gasteiger charge is 2.45. The zero-order valence-corrected chi connectivity index (χ0v) is 11.3. The van der Waals surface area contributed by atoms with Gasteiger partial charge in [-0.05, 0) is 26.2 Å². The van der Waals surface area contributed by atoms with Crippen molar-refractivity contribution < 1.29 is 23.5 Å². The Kier molecular flexibility index (Phi) is 4.91. The number of hydrogen-bond acceptors (Lipinski definition) is 4. The van der Waals surface area contributed by atoms with Gasteiger partial charge in [-0.15, -0.1) is 0 Å². The molecule has 2 rings (SSSR count). The van der Waals surface area contributed by atoms with Gasteiger partial charge in [0.15, 0.2) is 0 Å². The largest absolute Gasteiger partial charge is 0.464 e. The zero-order valence-electron chi connectivity index (χ0n) is 11.3. The lowest BCUT2D eigenvalue weighted by atomic mass is 9.78. The Morgan fingerprint density at radius 2 is 2.26 bits per heavy atom. The van der Waals surface area contributed by atoms with Crippen molar-refractivity contribution in [3.05, 3.63) is 0 Å². The second-order valence-electron chi connectivity index (χ2n) is 5.26. The van der Waals surface area contributed by atoms with Gasteiger partial charge in [0.1, 0.15) is 5.78 Å². The summed E-state index contributed by atoms with van der Waals surface area (Å²) in [6.07, 6.45) is 1.52. The van der Waals surface area contributed by atoms with E-state index < -0.39 is 24.2 Å². The number of carbonyl (C=O) groups excluding carboxylic acids is 2. The van der Waals surface area contributed by atoms with Gasteiger partial charge in [0.2, 0.25) is 6.17 Å². The molecular formula is C14H21FO4. The summed E-state index contributed by atoms with van der Waals surface area (Å²) in [5, 5.41) is 0. The molecule has 19 heavy (non-hydrogen) atoms. The van der Waals surface area contributed by atoms with Crippen LogP contribution in [0.2, 0.25) is 0 Å². The van der Waals surface area contributed by atoms with E-state index in [1.54, 1.807) is 6.92 Å². The average Bonchev–Trinajstić information content (AvgIpc) is 2.87. The molecule has 2 aliphatic rings. The van der Waals surface area contributed by atoms with Crippen LogP contribution < -0.4 is 0 Å². The molecule has 0 bridgehead atoms. The minimum absolute atomic E-state index is 0.152. The molecule has 1 saturated heterocycles. The summed E-state index contributed by atoms with van der Waals surface area (Å²) in [4.78, 5) is 23.4. The summed E-state index contributed by atoms with van der Waals surface area (Å²) in [6, 6.07) is 0. The molecule has 0 aromatic heterocycles. The Hall–Kier alpha value is -0.970. The maximum atomic E-state index is 14.2. The average molecular weight is 272 g/mol. The summed E-state index contributed by atoms with van der Waals surface area (Å²) >= 11 is 0. The first-order valence-corrected chi connectivity index (χ1v) is 7.10. The molecule has 1 aliphatic carbocycles. The van der Waals surface area contributed by atoms with E-state index in [1.165, 1.54) is 0 Å². The van der Waals surface area contributed by atoms with E-state index in [2.05, 4.69) is 0 Å². The van der Waals surface area contributed by atoms with E-state index in [-0.39, 0.29) is 18.3 Å². The fraction of sp³-hybridized carbons (Fsp3) is 0.857. The van der Waals surface area contributed by atoms with Gasteiger partial charge in [-0.2, -0.15) is 0 Å². The Balaban J connectivity index is 2.03. The Bertz CT molecular complexity index is 344. The molecule has 4 unspecified atom stereocenters. The van der Waals surface area contributed by atoms with Crippen molar-refractivity contribution in [2.75, 3.05) is 13.2 Å². The molecule has 1 saturated carbocycles. The Morgan fingerprint density at radius 1 is 1.47 bits per heavy atom. The predicted molar refractivity (Wildman–Crippen MR) is 66.3 cm³/mol. The summed E-state index contributed by atoms with van der Waals surface area (Å²) < 4.78 is 24.4. The van der Waals surface area contributed by atoms with Gasteiger partial charge in [-0.25, -0.2) is 9.18 Å². The lowest BCUT2D eigenvalue weighted by molar-refractivity contribution is -0.153. The molecule has 0 aromatic carbocycles. The molecule has 0 aromatic rings. The van der Waals surface area contributed by atoms with Crippen LogP contribution in [0, 0.1) is 11.8 Å². The van der Waals surface area contributed by atoms with E-state index in [1.807, 2.05) is 0 Å². The van der Waals surface area contributed by atoms with Crippen molar-refractivity contribution in [1.29, 1.82) is 0 Å². The lowest BCUT2D eigenvalue weighted by Gasteiger charge is -2.30. The maximum absolute atomic E-state index is 14.2. The minimum Gasteiger partial charge on any atom is -0.464 e. The normalized spacial score (nSPS) is 33.2. The van der Waals surface area contributed by atoms with E-state index in [9.17, 15) is 14.0 Å². The van der Waals surface area contributed by atoms with E-state index in [0.717, 1.165) is 19.3 Å². The third kappa shape index (κ3) is 3.14. The van der Waals surface area contributed by atoms with Crippen molar-refractivity contribution in [3.8, 4) is 0 Å². The van der Waals surface area contributed by atoms with Gasteiger partial charge in [0.25, 0.3) is 0 Å². The Morgan fingerprint density at radius 3 is 2.95 bits per heavy atom. The fourth-order valence-electron chi connectivity index (χ4n) is 3.11. The monoisotopic (exact) mass is 272 g/mol. The highest BCUT2D eigenvalue weighted by molar-refractivity contribution is 5.82. The van der Waals surface area contributed by atoms with Crippen molar-refractivity contribution in [1.82, 2.24) is 0 Å². The van der Waals surface area contributed by atoms with Gasteiger partial charge < -0.3 is 9.47 Å². The van der Waals surface area contributed by atoms with E-state index >= 15 is 0 Å². The maximum Gasteiger partial charge on any atom is 0.341 e. The molecule has 0 N–H and O–H groups in total. The molecule has 108 valence electrons. The highest BCUT2D eigenvalue weighted by atomic mass is 19.1. The quantitative estimate of drug-likeness (QED) is 0.735. The standard InChI is InChI=1S/C14H21FO4/c1-2-18-14(17)12(15)10-7-8-19-13(10)9-5-3-4-6-11(9)16/h9-10,12-13H,2-8H2,1H3. The summed E-state index contributed by atoms with van der Waals surface area (Å²) in [5.41, 5.74) is 0. The molecule has 1 aliphatic heterocycles. The molecule has 0 amide bonds. The number of ether oxygens (including phenoxy) is 2. The van der Waals surface area contributed by atoms with Gasteiger partial charge >= 0.3 is 5.97 Å². The second-order valence-corrected chi connectivity index (χ2v) is 5.26. The molecule has 5 heteroatoms. The SMILES string of the molecule is CCOC(=O)C(F)C1CCOC1C1CCCCC1=O. The Labute approximate surface area is 112 Å². The van der Waals surface area contributed by atoms with Gasteiger partial charge in [-0.3, -0.25) is 4.79 Å². The third-order valence-corrected chi connectivity index (χ3v) is 4.07. The molecule has 1 heterocycles. The first kappa shape index (κ1) is 14.4. The molecule has 0 radical (unpaired) electrons. The molecule has 2 fully saturated rings. The van der Waals surface area contributed by atoms with Gasteiger partial charge in [0, 0.05) is 24.9 Å². The van der Waals surface area contributed by atoms with Crippen LogP contribution in [0.5, 0.6) is 0 Å². The number of halogens is 1. The number of hydrogen-bond donors (Lipinski definition) is 0. The molecule has 0 spiro atoms. The fourth-order valence-corrected chi connectivity index (χ4v) is 3.11.